The van der Waals surface area contributed by atoms with E-state index in [1.165, 1.54) is 13.3 Å². The Morgan fingerprint density at radius 3 is 2.48 bits per heavy atom. The van der Waals surface area contributed by atoms with E-state index >= 15 is 0 Å². The van der Waals surface area contributed by atoms with E-state index in [0.717, 1.165) is 0 Å². The lowest BCUT2D eigenvalue weighted by Crippen LogP contribution is -2.32. The number of carboxylic acids is 1. The highest BCUT2D eigenvalue weighted by Crippen LogP contribution is 2.16. The molecule has 0 aromatic heterocycles. The number of hydrazone groups is 1. The van der Waals surface area contributed by atoms with Crippen LogP contribution in [0.3, 0.4) is 0 Å². The standard InChI is InChI=1S/C18H17N3O6/c1-26-15-4-2-3-13(9-15)20-17(24)18(25)21-19-10-12-5-7-14(8-6-12)27-11-16(22)23/h2-10H,11H2,1H3,(H,20,24)(H,21,25)(H,22,23)/b19-10-. The van der Waals surface area contributed by atoms with Gasteiger partial charge in [-0.15, -0.1) is 0 Å². The van der Waals surface area contributed by atoms with E-state index < -0.39 is 24.4 Å². The first-order chi connectivity index (χ1) is 13.0. The smallest absolute Gasteiger partial charge is 0.341 e. The van der Waals surface area contributed by atoms with Crippen molar-refractivity contribution in [1.82, 2.24) is 5.43 Å². The van der Waals surface area contributed by atoms with Gasteiger partial charge in [0.2, 0.25) is 0 Å². The molecular weight excluding hydrogens is 354 g/mol. The number of carboxylic acid groups (broad SMARTS) is 1. The maximum Gasteiger partial charge on any atom is 0.341 e. The molecule has 9 nitrogen and oxygen atoms in total. The lowest BCUT2D eigenvalue weighted by molar-refractivity contribution is -0.139. The third kappa shape index (κ3) is 6.50. The van der Waals surface area contributed by atoms with Crippen molar-refractivity contribution in [2.45, 2.75) is 0 Å². The number of nitrogens with zero attached hydrogens (tertiary/aromatic N) is 1. The molecule has 0 unspecified atom stereocenters. The number of anilines is 1. The Hall–Kier alpha value is -3.88. The van der Waals surface area contributed by atoms with Crippen molar-refractivity contribution in [3.63, 3.8) is 0 Å². The van der Waals surface area contributed by atoms with Gasteiger partial charge in [-0.2, -0.15) is 5.10 Å². The molecule has 0 spiro atoms. The van der Waals surface area contributed by atoms with Gasteiger partial charge in [-0.05, 0) is 42.0 Å². The molecule has 140 valence electrons. The molecule has 0 saturated carbocycles. The fourth-order valence-corrected chi connectivity index (χ4v) is 1.90. The van der Waals surface area contributed by atoms with Gasteiger partial charge in [0.1, 0.15) is 11.5 Å². The van der Waals surface area contributed by atoms with Crippen LogP contribution in [0, 0.1) is 0 Å². The van der Waals surface area contributed by atoms with Gasteiger partial charge in [0.25, 0.3) is 0 Å². The summed E-state index contributed by atoms with van der Waals surface area (Å²) in [5.41, 5.74) is 3.14. The average Bonchev–Trinajstić information content (AvgIpc) is 2.67. The van der Waals surface area contributed by atoms with E-state index in [0.29, 0.717) is 22.7 Å². The van der Waals surface area contributed by atoms with Gasteiger partial charge in [0.15, 0.2) is 6.61 Å². The molecule has 2 rings (SSSR count). The molecule has 0 bridgehead atoms. The highest BCUT2D eigenvalue weighted by molar-refractivity contribution is 6.39. The maximum absolute atomic E-state index is 11.8. The molecule has 0 radical (unpaired) electrons. The molecule has 0 heterocycles. The number of amides is 2. The summed E-state index contributed by atoms with van der Waals surface area (Å²) in [7, 11) is 1.49. The number of carbonyl (C=O) groups excluding carboxylic acids is 2. The number of carbonyl (C=O) groups is 3. The van der Waals surface area contributed by atoms with Crippen molar-refractivity contribution in [3.8, 4) is 11.5 Å². The number of rotatable bonds is 7. The topological polar surface area (TPSA) is 126 Å². The lowest BCUT2D eigenvalue weighted by atomic mass is 10.2. The summed E-state index contributed by atoms with van der Waals surface area (Å²) in [5, 5.41) is 14.7. The summed E-state index contributed by atoms with van der Waals surface area (Å²) in [6, 6.07) is 12.9. The van der Waals surface area contributed by atoms with Crippen LogP contribution in [0.2, 0.25) is 0 Å². The first-order valence-electron chi connectivity index (χ1n) is 7.71. The lowest BCUT2D eigenvalue weighted by Gasteiger charge is -2.06. The second-order valence-corrected chi connectivity index (χ2v) is 5.14. The molecule has 9 heteroatoms. The van der Waals surface area contributed by atoms with Crippen molar-refractivity contribution in [3.05, 3.63) is 54.1 Å². The normalized spacial score (nSPS) is 10.3. The van der Waals surface area contributed by atoms with Crippen LogP contribution in [0.15, 0.2) is 53.6 Å². The predicted molar refractivity (Wildman–Crippen MR) is 96.9 cm³/mol. The van der Waals surface area contributed by atoms with Crippen molar-refractivity contribution in [2.24, 2.45) is 5.10 Å². The minimum Gasteiger partial charge on any atom is -0.497 e. The first kappa shape index (κ1) is 19.4. The number of methoxy groups -OCH3 is 1. The number of hydrogen-bond acceptors (Lipinski definition) is 6. The Morgan fingerprint density at radius 1 is 1.07 bits per heavy atom. The van der Waals surface area contributed by atoms with Crippen LogP contribution in [0.1, 0.15) is 5.56 Å². The summed E-state index contributed by atoms with van der Waals surface area (Å²) >= 11 is 0. The Kier molecular flexibility index (Phi) is 6.89. The second kappa shape index (κ2) is 9.56. The van der Waals surface area contributed by atoms with E-state index in [1.54, 1.807) is 48.5 Å². The van der Waals surface area contributed by atoms with Crippen molar-refractivity contribution in [1.29, 1.82) is 0 Å². The second-order valence-electron chi connectivity index (χ2n) is 5.14. The molecule has 27 heavy (non-hydrogen) atoms. The average molecular weight is 371 g/mol. The Morgan fingerprint density at radius 2 is 1.81 bits per heavy atom. The Labute approximate surface area is 154 Å². The van der Waals surface area contributed by atoms with Crippen LogP contribution >= 0.6 is 0 Å². The molecule has 0 aliphatic heterocycles. The third-order valence-electron chi connectivity index (χ3n) is 3.16. The molecule has 2 aromatic carbocycles. The molecule has 2 amide bonds. The molecule has 0 saturated heterocycles. The van der Waals surface area contributed by atoms with E-state index in [-0.39, 0.29) is 0 Å². The third-order valence-corrected chi connectivity index (χ3v) is 3.16. The van der Waals surface area contributed by atoms with Gasteiger partial charge < -0.3 is 19.9 Å². The van der Waals surface area contributed by atoms with Gasteiger partial charge in [-0.1, -0.05) is 6.07 Å². The number of nitrogens with one attached hydrogen (secondary N) is 2. The highest BCUT2D eigenvalue weighted by atomic mass is 16.5. The van der Waals surface area contributed by atoms with E-state index in [9.17, 15) is 14.4 Å². The zero-order valence-electron chi connectivity index (χ0n) is 14.3. The molecular formula is C18H17N3O6. The molecule has 2 aromatic rings. The van der Waals surface area contributed by atoms with Crippen molar-refractivity contribution < 1.29 is 29.0 Å². The molecule has 0 fully saturated rings. The SMILES string of the molecule is COc1cccc(NC(=O)C(=O)N/N=C\c2ccc(OCC(=O)O)cc2)c1. The van der Waals surface area contributed by atoms with E-state index in [2.05, 4.69) is 15.8 Å². The van der Waals surface area contributed by atoms with Crippen LogP contribution in [-0.2, 0) is 14.4 Å². The van der Waals surface area contributed by atoms with Crippen LogP contribution in [0.4, 0.5) is 5.69 Å². The summed E-state index contributed by atoms with van der Waals surface area (Å²) in [5.74, 6) is -1.96. The summed E-state index contributed by atoms with van der Waals surface area (Å²) in [6.45, 7) is -0.439. The van der Waals surface area contributed by atoms with Crippen molar-refractivity contribution in [2.75, 3.05) is 19.0 Å². The molecule has 3 N–H and O–H groups in total. The minimum absolute atomic E-state index is 0.385. The van der Waals surface area contributed by atoms with Gasteiger partial charge >= 0.3 is 17.8 Å². The van der Waals surface area contributed by atoms with Gasteiger partial charge in [-0.3, -0.25) is 9.59 Å². The zero-order chi connectivity index (χ0) is 19.6. The summed E-state index contributed by atoms with van der Waals surface area (Å²) < 4.78 is 10.0. The summed E-state index contributed by atoms with van der Waals surface area (Å²) in [6.07, 6.45) is 1.33. The fourth-order valence-electron chi connectivity index (χ4n) is 1.90. The zero-order valence-corrected chi connectivity index (χ0v) is 14.3. The van der Waals surface area contributed by atoms with Gasteiger partial charge in [-0.25, -0.2) is 10.2 Å². The Bertz CT molecular complexity index is 848. The molecule has 0 aliphatic carbocycles. The van der Waals surface area contributed by atoms with Gasteiger partial charge in [0, 0.05) is 11.8 Å². The quantitative estimate of drug-likeness (QED) is 0.382. The minimum atomic E-state index is -1.07. The van der Waals surface area contributed by atoms with Gasteiger partial charge in [0.05, 0.1) is 13.3 Å². The van der Waals surface area contributed by atoms with Crippen LogP contribution < -0.4 is 20.2 Å². The number of benzene rings is 2. The van der Waals surface area contributed by atoms with E-state index in [1.807, 2.05) is 0 Å². The monoisotopic (exact) mass is 371 g/mol. The largest absolute Gasteiger partial charge is 0.497 e. The first-order valence-corrected chi connectivity index (χ1v) is 7.71. The fraction of sp³-hybridized carbons (Fsp3) is 0.111. The number of ether oxygens (including phenoxy) is 2. The highest BCUT2D eigenvalue weighted by Gasteiger charge is 2.13. The number of hydrogen-bond donors (Lipinski definition) is 3. The predicted octanol–water partition coefficient (Wildman–Crippen LogP) is 1.25. The van der Waals surface area contributed by atoms with E-state index in [4.69, 9.17) is 14.6 Å². The maximum atomic E-state index is 11.8. The van der Waals surface area contributed by atoms with Crippen LogP contribution in [0.25, 0.3) is 0 Å². The van der Waals surface area contributed by atoms with Crippen molar-refractivity contribution >= 4 is 29.7 Å². The Balaban J connectivity index is 1.84. The number of aliphatic carboxylic acids is 1. The molecule has 0 atom stereocenters. The summed E-state index contributed by atoms with van der Waals surface area (Å²) in [4.78, 5) is 34.0. The van der Waals surface area contributed by atoms with Crippen LogP contribution in [-0.4, -0.2) is 42.8 Å². The molecule has 0 aliphatic rings. The van der Waals surface area contributed by atoms with Crippen LogP contribution in [0.5, 0.6) is 11.5 Å².